The number of aliphatic hydroxyl groups is 1. The molecule has 0 bridgehead atoms. The van der Waals surface area contributed by atoms with Gasteiger partial charge in [-0.2, -0.15) is 0 Å². The van der Waals surface area contributed by atoms with Crippen molar-refractivity contribution in [3.8, 4) is 0 Å². The maximum absolute atomic E-state index is 12.7. The Balaban J connectivity index is 2.48. The molecule has 12 heavy (non-hydrogen) atoms. The first-order chi connectivity index (χ1) is 5.68. The van der Waals surface area contributed by atoms with Gasteiger partial charge in [-0.3, -0.25) is 0 Å². The molecule has 0 aliphatic heterocycles. The first-order valence-electron chi connectivity index (χ1n) is 3.79. The molecule has 1 nitrogen and oxygen atoms in total. The molecular weight excluding hydrogens is 223 g/mol. The summed E-state index contributed by atoms with van der Waals surface area (Å²) in [6, 6.07) is 4.56. The van der Waals surface area contributed by atoms with Gasteiger partial charge < -0.3 is 5.11 Å². The van der Waals surface area contributed by atoms with E-state index < -0.39 is 6.10 Å². The Labute approximate surface area is 78.3 Å². The summed E-state index contributed by atoms with van der Waals surface area (Å²) in [5, 5.41) is 9.56. The third-order valence-corrected chi connectivity index (χ3v) is 3.01. The molecule has 1 aromatic carbocycles. The maximum Gasteiger partial charge on any atom is 0.123 e. The van der Waals surface area contributed by atoms with Gasteiger partial charge in [0.15, 0.2) is 0 Å². The predicted octanol–water partition coefficient (Wildman–Crippen LogP) is 2.18. The second-order valence-electron chi connectivity index (χ2n) is 3.01. The average Bonchev–Trinajstić information content (AvgIpc) is 2.31. The first-order valence-corrected chi connectivity index (χ1v) is 4.70. The lowest BCUT2D eigenvalue weighted by Gasteiger charge is -2.06. The Morgan fingerprint density at radius 2 is 2.25 bits per heavy atom. The van der Waals surface area contributed by atoms with E-state index >= 15 is 0 Å². The van der Waals surface area contributed by atoms with Gasteiger partial charge in [-0.1, -0.05) is 22.0 Å². The van der Waals surface area contributed by atoms with E-state index in [0.29, 0.717) is 0 Å². The molecule has 0 amide bonds. The zero-order valence-electron chi connectivity index (χ0n) is 6.30. The van der Waals surface area contributed by atoms with E-state index in [2.05, 4.69) is 15.9 Å². The molecule has 1 N–H and O–H groups in total. The molecule has 0 saturated carbocycles. The van der Waals surface area contributed by atoms with Crippen molar-refractivity contribution in [2.24, 2.45) is 0 Å². The second-order valence-corrected chi connectivity index (χ2v) is 4.18. The van der Waals surface area contributed by atoms with Gasteiger partial charge in [0.1, 0.15) is 5.82 Å². The molecule has 1 aromatic rings. The van der Waals surface area contributed by atoms with E-state index in [0.717, 1.165) is 17.5 Å². The topological polar surface area (TPSA) is 20.2 Å². The molecular formula is C9H8BrFO. The van der Waals surface area contributed by atoms with Gasteiger partial charge in [-0.25, -0.2) is 4.39 Å². The Morgan fingerprint density at radius 1 is 1.50 bits per heavy atom. The molecule has 64 valence electrons. The number of aliphatic hydroxyl groups excluding tert-OH is 1. The van der Waals surface area contributed by atoms with Crippen LogP contribution < -0.4 is 0 Å². The van der Waals surface area contributed by atoms with Crippen molar-refractivity contribution in [3.63, 3.8) is 0 Å². The Kier molecular flexibility index (Phi) is 1.93. The van der Waals surface area contributed by atoms with Crippen molar-refractivity contribution in [1.82, 2.24) is 0 Å². The molecule has 0 fully saturated rings. The number of hydrogen-bond donors (Lipinski definition) is 1. The van der Waals surface area contributed by atoms with Crippen LogP contribution in [0, 0.1) is 5.82 Å². The quantitative estimate of drug-likeness (QED) is 0.678. The lowest BCUT2D eigenvalue weighted by molar-refractivity contribution is 0.187. The van der Waals surface area contributed by atoms with E-state index in [1.165, 1.54) is 12.1 Å². The Hall–Kier alpha value is -0.410. The summed E-state index contributed by atoms with van der Waals surface area (Å²) in [6.45, 7) is 0. The minimum Gasteiger partial charge on any atom is -0.387 e. The van der Waals surface area contributed by atoms with Gasteiger partial charge in [0.05, 0.1) is 6.10 Å². The predicted molar refractivity (Wildman–Crippen MR) is 47.8 cm³/mol. The fourth-order valence-electron chi connectivity index (χ4n) is 1.54. The van der Waals surface area contributed by atoms with E-state index in [1.807, 2.05) is 0 Å². The van der Waals surface area contributed by atoms with Gasteiger partial charge in [-0.15, -0.1) is 0 Å². The minimum absolute atomic E-state index is 0.0364. The van der Waals surface area contributed by atoms with Crippen molar-refractivity contribution in [2.75, 3.05) is 0 Å². The molecule has 0 radical (unpaired) electrons. The second kappa shape index (κ2) is 2.82. The van der Waals surface area contributed by atoms with E-state index in [9.17, 15) is 9.50 Å². The van der Waals surface area contributed by atoms with Crippen LogP contribution in [0.1, 0.15) is 17.2 Å². The Bertz CT molecular complexity index is 313. The summed E-state index contributed by atoms with van der Waals surface area (Å²) < 4.78 is 12.7. The third-order valence-electron chi connectivity index (χ3n) is 2.18. The number of hydrogen-bond acceptors (Lipinski definition) is 1. The van der Waals surface area contributed by atoms with Gasteiger partial charge in [0.25, 0.3) is 0 Å². The Morgan fingerprint density at radius 3 is 3.00 bits per heavy atom. The van der Waals surface area contributed by atoms with Gasteiger partial charge in [0, 0.05) is 4.83 Å². The summed E-state index contributed by atoms with van der Waals surface area (Å²) in [4.78, 5) is 0.0364. The summed E-state index contributed by atoms with van der Waals surface area (Å²) >= 11 is 3.34. The number of alkyl halides is 1. The standard InChI is InChI=1S/C9H8BrFO/c10-8-3-5-1-2-6(11)4-7(5)9(8)12/h1-2,4,8-9,12H,3H2. The van der Waals surface area contributed by atoms with Crippen LogP contribution in [-0.4, -0.2) is 9.93 Å². The van der Waals surface area contributed by atoms with Crippen LogP contribution in [0.2, 0.25) is 0 Å². The molecule has 2 atom stereocenters. The molecule has 3 heteroatoms. The zero-order valence-corrected chi connectivity index (χ0v) is 7.88. The van der Waals surface area contributed by atoms with Crippen LogP contribution in [0.5, 0.6) is 0 Å². The highest BCUT2D eigenvalue weighted by molar-refractivity contribution is 9.09. The monoisotopic (exact) mass is 230 g/mol. The van der Waals surface area contributed by atoms with Gasteiger partial charge in [0.2, 0.25) is 0 Å². The van der Waals surface area contributed by atoms with E-state index in [4.69, 9.17) is 0 Å². The van der Waals surface area contributed by atoms with Crippen LogP contribution in [0.3, 0.4) is 0 Å². The van der Waals surface area contributed by atoms with Crippen molar-refractivity contribution in [1.29, 1.82) is 0 Å². The number of fused-ring (bicyclic) bond motifs is 1. The molecule has 0 aromatic heterocycles. The zero-order chi connectivity index (χ0) is 8.72. The van der Waals surface area contributed by atoms with Crippen molar-refractivity contribution in [2.45, 2.75) is 17.4 Å². The molecule has 2 rings (SSSR count). The summed E-state index contributed by atoms with van der Waals surface area (Å²) in [5.41, 5.74) is 1.75. The van der Waals surface area contributed by atoms with Crippen molar-refractivity contribution >= 4 is 15.9 Å². The van der Waals surface area contributed by atoms with Crippen molar-refractivity contribution in [3.05, 3.63) is 35.1 Å². The van der Waals surface area contributed by atoms with E-state index in [-0.39, 0.29) is 10.6 Å². The van der Waals surface area contributed by atoms with Crippen LogP contribution in [0.15, 0.2) is 18.2 Å². The average molecular weight is 231 g/mol. The lowest BCUT2D eigenvalue weighted by Crippen LogP contribution is -2.04. The summed E-state index contributed by atoms with van der Waals surface area (Å²) in [5.74, 6) is -0.283. The smallest absolute Gasteiger partial charge is 0.123 e. The highest BCUT2D eigenvalue weighted by atomic mass is 79.9. The van der Waals surface area contributed by atoms with Crippen LogP contribution in [0.4, 0.5) is 4.39 Å². The molecule has 0 heterocycles. The highest BCUT2D eigenvalue weighted by Crippen LogP contribution is 2.35. The van der Waals surface area contributed by atoms with Crippen LogP contribution >= 0.6 is 15.9 Å². The number of rotatable bonds is 0. The van der Waals surface area contributed by atoms with E-state index in [1.54, 1.807) is 6.07 Å². The summed E-state index contributed by atoms with van der Waals surface area (Å²) in [6.07, 6.45) is 0.215. The van der Waals surface area contributed by atoms with Gasteiger partial charge in [-0.05, 0) is 29.7 Å². The van der Waals surface area contributed by atoms with Crippen LogP contribution in [-0.2, 0) is 6.42 Å². The lowest BCUT2D eigenvalue weighted by atomic mass is 10.1. The number of halogens is 2. The molecule has 1 aliphatic rings. The van der Waals surface area contributed by atoms with Gasteiger partial charge >= 0.3 is 0 Å². The minimum atomic E-state index is -0.560. The van der Waals surface area contributed by atoms with Crippen LogP contribution in [0.25, 0.3) is 0 Å². The molecule has 1 aliphatic carbocycles. The van der Waals surface area contributed by atoms with Crippen molar-refractivity contribution < 1.29 is 9.50 Å². The SMILES string of the molecule is OC1c2cc(F)ccc2CC1Br. The molecule has 0 spiro atoms. The largest absolute Gasteiger partial charge is 0.387 e. The highest BCUT2D eigenvalue weighted by Gasteiger charge is 2.28. The number of benzene rings is 1. The first kappa shape index (κ1) is 8.20. The fourth-order valence-corrected chi connectivity index (χ4v) is 2.18. The summed E-state index contributed by atoms with van der Waals surface area (Å²) in [7, 11) is 0. The molecule has 0 saturated heterocycles. The third kappa shape index (κ3) is 1.17. The normalized spacial score (nSPS) is 27.2. The maximum atomic E-state index is 12.7. The fraction of sp³-hybridized carbons (Fsp3) is 0.333. The molecule has 2 unspecified atom stereocenters.